The van der Waals surface area contributed by atoms with Crippen LogP contribution in [0.15, 0.2) is 30.5 Å². The molecular weight excluding hydrogens is 238 g/mol. The number of nitrogens with one attached hydrogen (secondary N) is 2. The molecule has 0 radical (unpaired) electrons. The van der Waals surface area contributed by atoms with E-state index in [1.165, 1.54) is 16.5 Å². The largest absolute Gasteiger partial charge is 0.361 e. The normalized spacial score (nSPS) is 11.1. The van der Waals surface area contributed by atoms with Crippen LogP contribution >= 0.6 is 0 Å². The fourth-order valence-corrected chi connectivity index (χ4v) is 2.24. The second-order valence-electron chi connectivity index (χ2n) is 5.00. The summed E-state index contributed by atoms with van der Waals surface area (Å²) < 4.78 is 0. The van der Waals surface area contributed by atoms with Gasteiger partial charge in [-0.2, -0.15) is 0 Å². The van der Waals surface area contributed by atoms with Gasteiger partial charge in [0, 0.05) is 37.6 Å². The van der Waals surface area contributed by atoms with Gasteiger partial charge in [0.15, 0.2) is 0 Å². The Morgan fingerprint density at radius 1 is 1.26 bits per heavy atom. The predicted octanol–water partition coefficient (Wildman–Crippen LogP) is 2.47. The lowest BCUT2D eigenvalue weighted by molar-refractivity contribution is -0.124. The molecule has 0 aliphatic heterocycles. The molecule has 0 aliphatic carbocycles. The van der Waals surface area contributed by atoms with E-state index in [-0.39, 0.29) is 5.91 Å². The van der Waals surface area contributed by atoms with Crippen LogP contribution in [0.25, 0.3) is 10.9 Å². The van der Waals surface area contributed by atoms with E-state index in [0.717, 1.165) is 19.3 Å². The van der Waals surface area contributed by atoms with Crippen molar-refractivity contribution in [2.45, 2.75) is 25.7 Å². The Kier molecular flexibility index (Phi) is 4.58. The first kappa shape index (κ1) is 13.6. The molecule has 2 N–H and O–H groups in total. The molecule has 19 heavy (non-hydrogen) atoms. The van der Waals surface area contributed by atoms with Crippen LogP contribution in [0.1, 0.15) is 24.8 Å². The Bertz CT molecular complexity index is 545. The van der Waals surface area contributed by atoms with Gasteiger partial charge in [-0.1, -0.05) is 18.2 Å². The van der Waals surface area contributed by atoms with Gasteiger partial charge in [0.25, 0.3) is 0 Å². The number of aryl methyl sites for hydroxylation is 1. The van der Waals surface area contributed by atoms with Crippen LogP contribution in [0.2, 0.25) is 0 Å². The molecule has 4 heteroatoms. The third kappa shape index (κ3) is 3.83. The molecule has 0 saturated carbocycles. The lowest BCUT2D eigenvalue weighted by Gasteiger charge is -2.11. The molecule has 0 bridgehead atoms. The molecule has 0 atom stereocenters. The standard InChI is InChI=1S/C15H21N3O/c1-18(2)17-15(19)10-6-3-7-12-11-16-14-9-5-4-8-13(12)14/h4-5,8-9,11,16H,3,6-7,10H2,1-2H3,(H,17,19). The van der Waals surface area contributed by atoms with Gasteiger partial charge < -0.3 is 4.98 Å². The van der Waals surface area contributed by atoms with Gasteiger partial charge in [-0.25, -0.2) is 5.01 Å². The summed E-state index contributed by atoms with van der Waals surface area (Å²) in [5.74, 6) is 0.0870. The molecule has 102 valence electrons. The van der Waals surface area contributed by atoms with Gasteiger partial charge in [-0.15, -0.1) is 0 Å². The zero-order valence-corrected chi connectivity index (χ0v) is 11.6. The van der Waals surface area contributed by atoms with E-state index < -0.39 is 0 Å². The number of nitrogens with zero attached hydrogens (tertiary/aromatic N) is 1. The van der Waals surface area contributed by atoms with Crippen molar-refractivity contribution in [3.8, 4) is 0 Å². The fourth-order valence-electron chi connectivity index (χ4n) is 2.24. The number of hydrogen-bond donors (Lipinski definition) is 2. The maximum absolute atomic E-state index is 11.5. The van der Waals surface area contributed by atoms with E-state index in [4.69, 9.17) is 0 Å². The molecule has 1 aromatic heterocycles. The molecule has 0 aliphatic rings. The summed E-state index contributed by atoms with van der Waals surface area (Å²) in [6.45, 7) is 0. The van der Waals surface area contributed by atoms with Crippen molar-refractivity contribution in [2.75, 3.05) is 14.1 Å². The Morgan fingerprint density at radius 2 is 2.05 bits per heavy atom. The first-order chi connectivity index (χ1) is 9.16. The van der Waals surface area contributed by atoms with E-state index in [1.807, 2.05) is 20.2 Å². The maximum Gasteiger partial charge on any atom is 0.234 e. The van der Waals surface area contributed by atoms with E-state index in [0.29, 0.717) is 6.42 Å². The Hall–Kier alpha value is -1.81. The third-order valence-corrected chi connectivity index (χ3v) is 3.12. The monoisotopic (exact) mass is 259 g/mol. The number of unbranched alkanes of at least 4 members (excludes halogenated alkanes) is 1. The summed E-state index contributed by atoms with van der Waals surface area (Å²) in [7, 11) is 3.65. The summed E-state index contributed by atoms with van der Waals surface area (Å²) >= 11 is 0. The highest BCUT2D eigenvalue weighted by Gasteiger charge is 2.04. The molecule has 1 heterocycles. The number of carbonyl (C=O) groups excluding carboxylic acids is 1. The number of carbonyl (C=O) groups is 1. The summed E-state index contributed by atoms with van der Waals surface area (Å²) in [6.07, 6.45) is 5.62. The van der Waals surface area contributed by atoms with Gasteiger partial charge in [-0.3, -0.25) is 10.2 Å². The maximum atomic E-state index is 11.5. The quantitative estimate of drug-likeness (QED) is 0.618. The number of rotatable bonds is 6. The Morgan fingerprint density at radius 3 is 2.84 bits per heavy atom. The number of aromatic nitrogens is 1. The molecule has 0 spiro atoms. The Balaban J connectivity index is 1.78. The smallest absolute Gasteiger partial charge is 0.234 e. The number of hydrazine groups is 1. The van der Waals surface area contributed by atoms with Crippen molar-refractivity contribution < 1.29 is 4.79 Å². The first-order valence-electron chi connectivity index (χ1n) is 6.68. The van der Waals surface area contributed by atoms with Gasteiger partial charge >= 0.3 is 0 Å². The van der Waals surface area contributed by atoms with Crippen LogP contribution in [-0.2, 0) is 11.2 Å². The van der Waals surface area contributed by atoms with Gasteiger partial charge in [-0.05, 0) is 30.9 Å². The first-order valence-corrected chi connectivity index (χ1v) is 6.68. The van der Waals surface area contributed by atoms with Crippen molar-refractivity contribution in [3.63, 3.8) is 0 Å². The zero-order chi connectivity index (χ0) is 13.7. The molecule has 0 fully saturated rings. The minimum atomic E-state index is 0.0870. The van der Waals surface area contributed by atoms with E-state index >= 15 is 0 Å². The van der Waals surface area contributed by atoms with Gasteiger partial charge in [0.05, 0.1) is 0 Å². The number of H-pyrrole nitrogens is 1. The summed E-state index contributed by atoms with van der Waals surface area (Å²) in [5, 5.41) is 2.97. The minimum absolute atomic E-state index is 0.0870. The summed E-state index contributed by atoms with van der Waals surface area (Å²) in [4.78, 5) is 14.7. The highest BCUT2D eigenvalue weighted by molar-refractivity contribution is 5.83. The molecule has 2 aromatic rings. The second-order valence-corrected chi connectivity index (χ2v) is 5.00. The predicted molar refractivity (Wildman–Crippen MR) is 77.7 cm³/mol. The SMILES string of the molecule is CN(C)NC(=O)CCCCc1c[nH]c2ccccc12. The topological polar surface area (TPSA) is 48.1 Å². The lowest BCUT2D eigenvalue weighted by atomic mass is 10.1. The number of fused-ring (bicyclic) bond motifs is 1. The number of para-hydroxylation sites is 1. The van der Waals surface area contributed by atoms with E-state index in [2.05, 4.69) is 34.8 Å². The van der Waals surface area contributed by atoms with Crippen LogP contribution in [0.4, 0.5) is 0 Å². The van der Waals surface area contributed by atoms with Gasteiger partial charge in [0.1, 0.15) is 0 Å². The van der Waals surface area contributed by atoms with Crippen molar-refractivity contribution >= 4 is 16.8 Å². The fraction of sp³-hybridized carbons (Fsp3) is 0.400. The van der Waals surface area contributed by atoms with E-state index in [9.17, 15) is 4.79 Å². The van der Waals surface area contributed by atoms with Crippen LogP contribution < -0.4 is 5.43 Å². The van der Waals surface area contributed by atoms with Crippen LogP contribution in [0.3, 0.4) is 0 Å². The van der Waals surface area contributed by atoms with Crippen LogP contribution in [-0.4, -0.2) is 30.0 Å². The average molecular weight is 259 g/mol. The summed E-state index contributed by atoms with van der Waals surface area (Å²) in [5.41, 5.74) is 5.27. The van der Waals surface area contributed by atoms with Gasteiger partial charge in [0.2, 0.25) is 5.91 Å². The number of hydrogen-bond acceptors (Lipinski definition) is 2. The molecule has 1 amide bonds. The molecule has 2 rings (SSSR count). The Labute approximate surface area is 113 Å². The van der Waals surface area contributed by atoms with Crippen molar-refractivity contribution in [1.29, 1.82) is 0 Å². The van der Waals surface area contributed by atoms with E-state index in [1.54, 1.807) is 5.01 Å². The minimum Gasteiger partial charge on any atom is -0.361 e. The molecule has 4 nitrogen and oxygen atoms in total. The highest BCUT2D eigenvalue weighted by Crippen LogP contribution is 2.19. The van der Waals surface area contributed by atoms with Crippen LogP contribution in [0, 0.1) is 0 Å². The zero-order valence-electron chi connectivity index (χ0n) is 11.6. The average Bonchev–Trinajstić information content (AvgIpc) is 2.77. The summed E-state index contributed by atoms with van der Waals surface area (Å²) in [6, 6.07) is 8.32. The van der Waals surface area contributed by atoms with Crippen molar-refractivity contribution in [2.24, 2.45) is 0 Å². The number of benzene rings is 1. The molecule has 0 unspecified atom stereocenters. The highest BCUT2D eigenvalue weighted by atomic mass is 16.2. The lowest BCUT2D eigenvalue weighted by Crippen LogP contribution is -2.35. The second kappa shape index (κ2) is 6.38. The third-order valence-electron chi connectivity index (χ3n) is 3.12. The number of aromatic amines is 1. The molecule has 1 aromatic carbocycles. The number of amides is 1. The van der Waals surface area contributed by atoms with Crippen molar-refractivity contribution in [3.05, 3.63) is 36.0 Å². The van der Waals surface area contributed by atoms with Crippen LogP contribution in [0.5, 0.6) is 0 Å². The molecular formula is C15H21N3O. The molecule has 0 saturated heterocycles. The van der Waals surface area contributed by atoms with Crippen molar-refractivity contribution in [1.82, 2.24) is 15.4 Å².